The zero-order chi connectivity index (χ0) is 18.3. The first kappa shape index (κ1) is 19.4. The first-order valence-electron chi connectivity index (χ1n) is 8.65. The number of carbonyl (C=O) groups is 1. The van der Waals surface area contributed by atoms with Gasteiger partial charge in [0.05, 0.1) is 7.11 Å². The summed E-state index contributed by atoms with van der Waals surface area (Å²) in [6.45, 7) is 6.69. The van der Waals surface area contributed by atoms with E-state index in [1.165, 1.54) is 18.2 Å². The SMILES string of the molecule is COC(=O)CO[Si](Cc1ccccc1)(Cc1ccccc1)C(C)(C)C. The van der Waals surface area contributed by atoms with Crippen molar-refractivity contribution in [1.29, 1.82) is 0 Å². The molecule has 0 saturated heterocycles. The van der Waals surface area contributed by atoms with Gasteiger partial charge in [-0.3, -0.25) is 0 Å². The van der Waals surface area contributed by atoms with Gasteiger partial charge < -0.3 is 9.16 Å². The van der Waals surface area contributed by atoms with Crippen molar-refractivity contribution in [3.63, 3.8) is 0 Å². The summed E-state index contributed by atoms with van der Waals surface area (Å²) in [4.78, 5) is 11.8. The molecule has 0 fully saturated rings. The summed E-state index contributed by atoms with van der Waals surface area (Å²) >= 11 is 0. The molecule has 134 valence electrons. The van der Waals surface area contributed by atoms with Gasteiger partial charge in [-0.05, 0) is 28.3 Å². The van der Waals surface area contributed by atoms with Crippen molar-refractivity contribution in [2.45, 2.75) is 37.9 Å². The molecule has 0 heterocycles. The molecular formula is C21H28O3Si. The van der Waals surface area contributed by atoms with E-state index in [9.17, 15) is 4.79 Å². The lowest BCUT2D eigenvalue weighted by Gasteiger charge is -2.42. The van der Waals surface area contributed by atoms with Gasteiger partial charge in [0.15, 0.2) is 0 Å². The number of methoxy groups -OCH3 is 1. The van der Waals surface area contributed by atoms with Crippen LogP contribution in [0.1, 0.15) is 31.9 Å². The fraction of sp³-hybridized carbons (Fsp3) is 0.381. The van der Waals surface area contributed by atoms with Gasteiger partial charge in [0, 0.05) is 0 Å². The average Bonchev–Trinajstić information content (AvgIpc) is 2.60. The van der Waals surface area contributed by atoms with Crippen molar-refractivity contribution < 1.29 is 14.0 Å². The minimum Gasteiger partial charge on any atom is -0.467 e. The van der Waals surface area contributed by atoms with Gasteiger partial charge in [0.1, 0.15) is 6.61 Å². The molecule has 0 N–H and O–H groups in total. The highest BCUT2D eigenvalue weighted by Crippen LogP contribution is 2.41. The Bertz CT molecular complexity index is 621. The number of esters is 1. The Kier molecular flexibility index (Phi) is 6.56. The van der Waals surface area contributed by atoms with E-state index in [4.69, 9.17) is 9.16 Å². The van der Waals surface area contributed by atoms with Crippen molar-refractivity contribution in [2.75, 3.05) is 13.7 Å². The number of benzene rings is 2. The molecule has 0 spiro atoms. The number of ether oxygens (including phenoxy) is 1. The number of rotatable bonds is 7. The third-order valence-corrected chi connectivity index (χ3v) is 10.1. The van der Waals surface area contributed by atoms with Crippen molar-refractivity contribution in [1.82, 2.24) is 0 Å². The zero-order valence-corrected chi connectivity index (χ0v) is 16.6. The minimum absolute atomic E-state index is 0.0136. The highest BCUT2D eigenvalue weighted by molar-refractivity contribution is 6.75. The van der Waals surface area contributed by atoms with Gasteiger partial charge in [0.25, 0.3) is 0 Å². The van der Waals surface area contributed by atoms with Crippen LogP contribution in [0, 0.1) is 0 Å². The summed E-state index contributed by atoms with van der Waals surface area (Å²) < 4.78 is 11.2. The van der Waals surface area contributed by atoms with E-state index in [2.05, 4.69) is 69.3 Å². The quantitative estimate of drug-likeness (QED) is 0.542. The van der Waals surface area contributed by atoms with Crippen LogP contribution >= 0.6 is 0 Å². The van der Waals surface area contributed by atoms with E-state index in [-0.39, 0.29) is 17.6 Å². The summed E-state index contributed by atoms with van der Waals surface area (Å²) in [7, 11) is -0.955. The standard InChI is InChI=1S/C21H28O3Si/c1-21(2,3)25(24-15-20(22)23-4,16-18-11-7-5-8-12-18)17-19-13-9-6-10-14-19/h5-14H,15-17H2,1-4H3. The Labute approximate surface area is 152 Å². The number of hydrogen-bond donors (Lipinski definition) is 0. The van der Waals surface area contributed by atoms with Crippen molar-refractivity contribution in [3.05, 3.63) is 71.8 Å². The van der Waals surface area contributed by atoms with E-state index in [1.54, 1.807) is 0 Å². The average molecular weight is 357 g/mol. The van der Waals surface area contributed by atoms with E-state index < -0.39 is 8.32 Å². The largest absolute Gasteiger partial charge is 0.467 e. The predicted molar refractivity (Wildman–Crippen MR) is 104 cm³/mol. The Hall–Kier alpha value is -1.91. The highest BCUT2D eigenvalue weighted by Gasteiger charge is 2.47. The monoisotopic (exact) mass is 356 g/mol. The molecule has 4 heteroatoms. The Balaban J connectivity index is 2.39. The normalized spacial score (nSPS) is 12.0. The summed E-state index contributed by atoms with van der Waals surface area (Å²) in [5.41, 5.74) is 2.51. The second kappa shape index (κ2) is 8.45. The van der Waals surface area contributed by atoms with Crippen molar-refractivity contribution >= 4 is 14.3 Å². The maximum Gasteiger partial charge on any atom is 0.330 e. The summed E-state index contributed by atoms with van der Waals surface area (Å²) in [6.07, 6.45) is 0. The van der Waals surface area contributed by atoms with Crippen LogP contribution in [0.2, 0.25) is 5.04 Å². The fourth-order valence-electron chi connectivity index (χ4n) is 3.02. The third-order valence-electron chi connectivity index (χ3n) is 4.73. The van der Waals surface area contributed by atoms with E-state index in [0.717, 1.165) is 12.1 Å². The molecule has 25 heavy (non-hydrogen) atoms. The van der Waals surface area contributed by atoms with E-state index in [0.29, 0.717) is 0 Å². The Morgan fingerprint density at radius 3 is 1.68 bits per heavy atom. The zero-order valence-electron chi connectivity index (χ0n) is 15.6. The molecule has 0 amide bonds. The predicted octanol–water partition coefficient (Wildman–Crippen LogP) is 4.49. The van der Waals surface area contributed by atoms with Gasteiger partial charge in [-0.1, -0.05) is 81.4 Å². The lowest BCUT2D eigenvalue weighted by atomic mass is 10.2. The third kappa shape index (κ3) is 5.28. The molecule has 2 aromatic rings. The summed E-state index contributed by atoms with van der Waals surface area (Å²) in [6, 6.07) is 22.6. The molecule has 3 nitrogen and oxygen atoms in total. The fourth-order valence-corrected chi connectivity index (χ4v) is 7.03. The Morgan fingerprint density at radius 1 is 0.880 bits per heavy atom. The number of carbonyl (C=O) groups excluding carboxylic acids is 1. The maximum absolute atomic E-state index is 11.8. The van der Waals surface area contributed by atoms with Crippen molar-refractivity contribution in [3.8, 4) is 0 Å². The van der Waals surface area contributed by atoms with E-state index in [1.807, 2.05) is 12.1 Å². The van der Waals surface area contributed by atoms with Crippen molar-refractivity contribution in [2.24, 2.45) is 0 Å². The molecule has 2 rings (SSSR count). The van der Waals surface area contributed by atoms with Crippen LogP contribution in [0.5, 0.6) is 0 Å². The lowest BCUT2D eigenvalue weighted by Crippen LogP contribution is -2.53. The van der Waals surface area contributed by atoms with Gasteiger partial charge in [-0.15, -0.1) is 0 Å². The van der Waals surface area contributed by atoms with Crippen LogP contribution in [0.25, 0.3) is 0 Å². The molecule has 0 atom stereocenters. The van der Waals surface area contributed by atoms with Crippen LogP contribution in [0.15, 0.2) is 60.7 Å². The topological polar surface area (TPSA) is 35.5 Å². The molecule has 0 unspecified atom stereocenters. The minimum atomic E-state index is -2.36. The second-order valence-electron chi connectivity index (χ2n) is 7.43. The van der Waals surface area contributed by atoms with Crippen LogP contribution in [0.3, 0.4) is 0 Å². The van der Waals surface area contributed by atoms with E-state index >= 15 is 0 Å². The van der Waals surface area contributed by atoms with Gasteiger partial charge in [0.2, 0.25) is 8.32 Å². The highest BCUT2D eigenvalue weighted by atomic mass is 28.4. The molecule has 0 aromatic heterocycles. The summed E-state index contributed by atoms with van der Waals surface area (Å²) in [5.74, 6) is -0.317. The van der Waals surface area contributed by atoms with Crippen LogP contribution in [-0.2, 0) is 26.0 Å². The first-order chi connectivity index (χ1) is 11.9. The second-order valence-corrected chi connectivity index (χ2v) is 11.9. The molecule has 0 aliphatic rings. The lowest BCUT2D eigenvalue weighted by molar-refractivity contribution is -0.143. The molecule has 0 aliphatic heterocycles. The molecule has 0 bridgehead atoms. The molecule has 0 radical (unpaired) electrons. The molecular weight excluding hydrogens is 328 g/mol. The van der Waals surface area contributed by atoms with Crippen LogP contribution in [-0.4, -0.2) is 28.0 Å². The molecule has 0 saturated carbocycles. The van der Waals surface area contributed by atoms with Crippen LogP contribution in [0.4, 0.5) is 0 Å². The Morgan fingerprint density at radius 2 is 1.32 bits per heavy atom. The molecule has 2 aromatic carbocycles. The molecule has 0 aliphatic carbocycles. The summed E-state index contributed by atoms with van der Waals surface area (Å²) in [5, 5.41) is -0.0350. The van der Waals surface area contributed by atoms with Gasteiger partial charge in [-0.2, -0.15) is 0 Å². The van der Waals surface area contributed by atoms with Gasteiger partial charge in [-0.25, -0.2) is 4.79 Å². The maximum atomic E-state index is 11.8. The smallest absolute Gasteiger partial charge is 0.330 e. The van der Waals surface area contributed by atoms with Gasteiger partial charge >= 0.3 is 5.97 Å². The van der Waals surface area contributed by atoms with Crippen LogP contribution < -0.4 is 0 Å². The number of hydrogen-bond acceptors (Lipinski definition) is 3. The first-order valence-corrected chi connectivity index (χ1v) is 11.0.